The van der Waals surface area contributed by atoms with Crippen molar-refractivity contribution < 1.29 is 14.3 Å². The molecule has 1 aliphatic rings. The Hall–Kier alpha value is -3.00. The van der Waals surface area contributed by atoms with Crippen molar-refractivity contribution in [3.05, 3.63) is 59.9 Å². The van der Waals surface area contributed by atoms with Crippen LogP contribution in [0.3, 0.4) is 0 Å². The number of nitrogens with zero attached hydrogens (tertiary/aromatic N) is 3. The summed E-state index contributed by atoms with van der Waals surface area (Å²) in [5.41, 5.74) is 1.76. The lowest BCUT2D eigenvalue weighted by Crippen LogP contribution is -2.23. The number of methoxy groups -OCH3 is 2. The van der Waals surface area contributed by atoms with Crippen molar-refractivity contribution in [2.24, 2.45) is 0 Å². The second-order valence-corrected chi connectivity index (χ2v) is 8.81. The number of rotatable bonds is 9. The minimum Gasteiger partial charge on any atom is -0.497 e. The van der Waals surface area contributed by atoms with E-state index in [4.69, 9.17) is 9.47 Å². The maximum Gasteiger partial charge on any atom is 0.237 e. The van der Waals surface area contributed by atoms with Gasteiger partial charge in [-0.3, -0.25) is 4.79 Å². The summed E-state index contributed by atoms with van der Waals surface area (Å²) in [5.74, 6) is 2.56. The Bertz CT molecular complexity index is 1050. The van der Waals surface area contributed by atoms with Crippen molar-refractivity contribution in [2.45, 2.75) is 42.6 Å². The average molecular weight is 439 g/mol. The maximum absolute atomic E-state index is 12.9. The molecular weight excluding hydrogens is 412 g/mol. The van der Waals surface area contributed by atoms with Gasteiger partial charge in [0.2, 0.25) is 5.91 Å². The van der Waals surface area contributed by atoms with Crippen LogP contribution in [0.2, 0.25) is 0 Å². The van der Waals surface area contributed by atoms with Gasteiger partial charge >= 0.3 is 0 Å². The van der Waals surface area contributed by atoms with E-state index in [1.807, 2.05) is 25.1 Å². The fraction of sp³-hybridized carbons (Fsp3) is 0.348. The molecular formula is C23H26N4O3S. The minimum absolute atomic E-state index is 0.140. The molecule has 8 heteroatoms. The molecule has 1 heterocycles. The number of amides is 1. The average Bonchev–Trinajstić information content (AvgIpc) is 3.57. The van der Waals surface area contributed by atoms with Crippen LogP contribution in [0.4, 0.5) is 5.69 Å². The van der Waals surface area contributed by atoms with Crippen LogP contribution in [0.5, 0.6) is 11.5 Å². The number of thioether (sulfide) groups is 1. The number of anilines is 1. The predicted molar refractivity (Wildman–Crippen MR) is 121 cm³/mol. The van der Waals surface area contributed by atoms with Crippen LogP contribution >= 0.6 is 11.8 Å². The van der Waals surface area contributed by atoms with Gasteiger partial charge in [0.15, 0.2) is 5.16 Å². The van der Waals surface area contributed by atoms with Gasteiger partial charge in [0.05, 0.1) is 31.7 Å². The first-order chi connectivity index (χ1) is 15.1. The highest BCUT2D eigenvalue weighted by molar-refractivity contribution is 8.00. The molecule has 1 amide bonds. The highest BCUT2D eigenvalue weighted by atomic mass is 32.2. The Morgan fingerprint density at radius 3 is 2.61 bits per heavy atom. The SMILES string of the molecule is COc1ccc(OC)c(NC(=O)C(C)Sc2nnc(C3CC3)n2Cc2ccccc2)c1. The molecule has 1 aliphatic carbocycles. The zero-order chi connectivity index (χ0) is 21.8. The predicted octanol–water partition coefficient (Wildman–Crippen LogP) is 4.34. The van der Waals surface area contributed by atoms with Crippen LogP contribution in [0.1, 0.15) is 37.1 Å². The molecule has 0 saturated heterocycles. The number of carbonyl (C=O) groups excluding carboxylic acids is 1. The second-order valence-electron chi connectivity index (χ2n) is 7.50. The van der Waals surface area contributed by atoms with Crippen LogP contribution in [0.25, 0.3) is 0 Å². The standard InChI is InChI=1S/C23H26N4O3S/c1-15(22(28)24-19-13-18(29-2)11-12-20(19)30-3)31-23-26-25-21(17-9-10-17)27(23)14-16-7-5-4-6-8-16/h4-8,11-13,15,17H,9-10,14H2,1-3H3,(H,24,28). The summed E-state index contributed by atoms with van der Waals surface area (Å²) in [7, 11) is 3.16. The van der Waals surface area contributed by atoms with E-state index in [9.17, 15) is 4.79 Å². The third kappa shape index (κ3) is 5.02. The lowest BCUT2D eigenvalue weighted by atomic mass is 10.2. The Labute approximate surface area is 186 Å². The number of hydrogen-bond acceptors (Lipinski definition) is 6. The van der Waals surface area contributed by atoms with Crippen molar-refractivity contribution >= 4 is 23.4 Å². The number of carbonyl (C=O) groups is 1. The molecule has 1 N–H and O–H groups in total. The Morgan fingerprint density at radius 2 is 1.94 bits per heavy atom. The molecule has 1 fully saturated rings. The quantitative estimate of drug-likeness (QED) is 0.501. The zero-order valence-corrected chi connectivity index (χ0v) is 18.7. The normalized spacial score (nSPS) is 14.2. The lowest BCUT2D eigenvalue weighted by molar-refractivity contribution is -0.115. The van der Waals surface area contributed by atoms with Crippen LogP contribution in [-0.2, 0) is 11.3 Å². The fourth-order valence-electron chi connectivity index (χ4n) is 3.30. The van der Waals surface area contributed by atoms with Crippen molar-refractivity contribution in [1.82, 2.24) is 14.8 Å². The molecule has 0 aliphatic heterocycles. The van der Waals surface area contributed by atoms with E-state index in [0.717, 1.165) is 23.8 Å². The summed E-state index contributed by atoms with van der Waals surface area (Å²) in [5, 5.41) is 12.2. The van der Waals surface area contributed by atoms with Crippen molar-refractivity contribution in [1.29, 1.82) is 0 Å². The Balaban J connectivity index is 1.51. The molecule has 1 aromatic heterocycles. The third-order valence-electron chi connectivity index (χ3n) is 5.19. The number of ether oxygens (including phenoxy) is 2. The summed E-state index contributed by atoms with van der Waals surface area (Å²) in [6, 6.07) is 15.6. The van der Waals surface area contributed by atoms with Gasteiger partial charge in [0.25, 0.3) is 0 Å². The molecule has 162 valence electrons. The van der Waals surface area contributed by atoms with Crippen molar-refractivity contribution in [3.63, 3.8) is 0 Å². The molecule has 2 aromatic carbocycles. The third-order valence-corrected chi connectivity index (χ3v) is 6.27. The summed E-state index contributed by atoms with van der Waals surface area (Å²) >= 11 is 1.41. The number of benzene rings is 2. The first-order valence-corrected chi connectivity index (χ1v) is 11.1. The van der Waals surface area contributed by atoms with Gasteiger partial charge in [0.1, 0.15) is 17.3 Å². The first-order valence-electron chi connectivity index (χ1n) is 10.3. The van der Waals surface area contributed by atoms with Gasteiger partial charge in [-0.2, -0.15) is 0 Å². The lowest BCUT2D eigenvalue weighted by Gasteiger charge is -2.16. The number of aromatic nitrogens is 3. The Kier molecular flexibility index (Phi) is 6.46. The molecule has 7 nitrogen and oxygen atoms in total. The zero-order valence-electron chi connectivity index (χ0n) is 17.9. The molecule has 0 spiro atoms. The van der Waals surface area contributed by atoms with Crippen molar-refractivity contribution in [2.75, 3.05) is 19.5 Å². The minimum atomic E-state index is -0.373. The highest BCUT2D eigenvalue weighted by Gasteiger charge is 2.31. The smallest absolute Gasteiger partial charge is 0.237 e. The molecule has 3 aromatic rings. The number of nitrogens with one attached hydrogen (secondary N) is 1. The summed E-state index contributed by atoms with van der Waals surface area (Å²) in [4.78, 5) is 12.9. The van der Waals surface area contributed by atoms with Gasteiger partial charge in [-0.1, -0.05) is 42.1 Å². The molecule has 1 atom stereocenters. The first kappa shape index (κ1) is 21.2. The molecule has 31 heavy (non-hydrogen) atoms. The maximum atomic E-state index is 12.9. The highest BCUT2D eigenvalue weighted by Crippen LogP contribution is 2.40. The van der Waals surface area contributed by atoms with Gasteiger partial charge in [-0.25, -0.2) is 0 Å². The van der Waals surface area contributed by atoms with Gasteiger partial charge in [-0.15, -0.1) is 10.2 Å². The fourth-order valence-corrected chi connectivity index (χ4v) is 4.16. The van der Waals surface area contributed by atoms with E-state index in [1.54, 1.807) is 32.4 Å². The van der Waals surface area contributed by atoms with Gasteiger partial charge in [0, 0.05) is 12.0 Å². The van der Waals surface area contributed by atoms with E-state index in [0.29, 0.717) is 29.6 Å². The molecule has 0 bridgehead atoms. The number of hydrogen-bond donors (Lipinski definition) is 1. The summed E-state index contributed by atoms with van der Waals surface area (Å²) in [6.07, 6.45) is 2.28. The van der Waals surface area contributed by atoms with Crippen LogP contribution < -0.4 is 14.8 Å². The van der Waals surface area contributed by atoms with E-state index < -0.39 is 0 Å². The monoisotopic (exact) mass is 438 g/mol. The van der Waals surface area contributed by atoms with E-state index in [-0.39, 0.29) is 11.2 Å². The van der Waals surface area contributed by atoms with Crippen LogP contribution in [-0.4, -0.2) is 40.1 Å². The van der Waals surface area contributed by atoms with Crippen LogP contribution in [0.15, 0.2) is 53.7 Å². The second kappa shape index (κ2) is 9.43. The van der Waals surface area contributed by atoms with E-state index in [2.05, 4.69) is 32.2 Å². The molecule has 1 unspecified atom stereocenters. The topological polar surface area (TPSA) is 78.3 Å². The molecule has 1 saturated carbocycles. The Morgan fingerprint density at radius 1 is 1.16 bits per heavy atom. The van der Waals surface area contributed by atoms with Crippen molar-refractivity contribution in [3.8, 4) is 11.5 Å². The molecule has 0 radical (unpaired) electrons. The van der Waals surface area contributed by atoms with Crippen LogP contribution in [0, 0.1) is 0 Å². The largest absolute Gasteiger partial charge is 0.497 e. The molecule has 4 rings (SSSR count). The summed E-state index contributed by atoms with van der Waals surface area (Å²) in [6.45, 7) is 2.56. The van der Waals surface area contributed by atoms with Gasteiger partial charge in [-0.05, 0) is 37.5 Å². The van der Waals surface area contributed by atoms with E-state index in [1.165, 1.54) is 17.3 Å². The van der Waals surface area contributed by atoms with E-state index >= 15 is 0 Å². The summed E-state index contributed by atoms with van der Waals surface area (Å²) < 4.78 is 12.8. The van der Waals surface area contributed by atoms with Gasteiger partial charge < -0.3 is 19.4 Å².